The highest BCUT2D eigenvalue weighted by Gasteiger charge is 2.32. The number of fused-ring (bicyclic) bond motifs is 1. The molecule has 118 valence electrons. The molecule has 2 aromatic carbocycles. The molecule has 0 bridgehead atoms. The van der Waals surface area contributed by atoms with Gasteiger partial charge in [0, 0.05) is 16.9 Å². The third kappa shape index (κ3) is 2.42. The number of rotatable bonds is 4. The summed E-state index contributed by atoms with van der Waals surface area (Å²) in [7, 11) is 0. The molecule has 1 aromatic heterocycles. The summed E-state index contributed by atoms with van der Waals surface area (Å²) in [5, 5.41) is 0.902. The van der Waals surface area contributed by atoms with Crippen LogP contribution in [0.2, 0.25) is 0 Å². The predicted octanol–water partition coefficient (Wildman–Crippen LogP) is 5.29. The van der Waals surface area contributed by atoms with Crippen molar-refractivity contribution in [2.45, 2.75) is 18.8 Å². The van der Waals surface area contributed by atoms with E-state index >= 15 is 0 Å². The van der Waals surface area contributed by atoms with E-state index in [0.717, 1.165) is 40.6 Å². The van der Waals surface area contributed by atoms with Crippen molar-refractivity contribution in [2.24, 2.45) is 0 Å². The summed E-state index contributed by atoms with van der Waals surface area (Å²) in [5.74, 6) is -0.0988. The summed E-state index contributed by atoms with van der Waals surface area (Å²) >= 11 is 0. The number of hydrogen-bond donors (Lipinski definition) is 0. The van der Waals surface area contributed by atoms with E-state index in [1.165, 1.54) is 18.2 Å². The van der Waals surface area contributed by atoms with Crippen LogP contribution in [0.15, 0.2) is 61.2 Å². The molecule has 3 heteroatoms. The van der Waals surface area contributed by atoms with E-state index < -0.39 is 0 Å². The van der Waals surface area contributed by atoms with E-state index in [4.69, 9.17) is 4.98 Å². The maximum Gasteiger partial charge on any atom is 0.187 e. The van der Waals surface area contributed by atoms with Crippen LogP contribution < -0.4 is 0 Å². The van der Waals surface area contributed by atoms with Crippen molar-refractivity contribution in [3.05, 3.63) is 78.3 Å². The zero-order valence-corrected chi connectivity index (χ0v) is 13.1. The van der Waals surface area contributed by atoms with Gasteiger partial charge >= 0.3 is 0 Å². The molecule has 0 saturated heterocycles. The second-order valence-electron chi connectivity index (χ2n) is 6.11. The summed E-state index contributed by atoms with van der Waals surface area (Å²) < 4.78 is 13.4. The summed E-state index contributed by atoms with van der Waals surface area (Å²) in [6.07, 6.45) is 3.43. The Morgan fingerprint density at radius 3 is 2.50 bits per heavy atom. The average molecular weight is 317 g/mol. The largest absolute Gasteiger partial charge is 0.289 e. The van der Waals surface area contributed by atoms with E-state index in [1.54, 1.807) is 12.1 Å². The van der Waals surface area contributed by atoms with Crippen molar-refractivity contribution < 1.29 is 9.18 Å². The minimum atomic E-state index is -0.295. The van der Waals surface area contributed by atoms with Crippen molar-refractivity contribution >= 4 is 16.7 Å². The average Bonchev–Trinajstić information content (AvgIpc) is 3.45. The van der Waals surface area contributed by atoms with Crippen LogP contribution in [0.1, 0.15) is 34.8 Å². The molecule has 1 aliphatic rings. The molecule has 0 unspecified atom stereocenters. The predicted molar refractivity (Wildman–Crippen MR) is 93.6 cm³/mol. The minimum absolute atomic E-state index is 0.130. The molecule has 0 N–H and O–H groups in total. The highest BCUT2D eigenvalue weighted by molar-refractivity contribution is 6.14. The molecular formula is C21H16FNO. The Kier molecular flexibility index (Phi) is 3.49. The number of benzene rings is 2. The Bertz CT molecular complexity index is 955. The number of carbonyl (C=O) groups is 1. The normalized spacial score (nSPS) is 13.9. The number of carbonyl (C=O) groups excluding carboxylic acids is 1. The van der Waals surface area contributed by atoms with Gasteiger partial charge in [0.05, 0.1) is 16.8 Å². The summed E-state index contributed by atoms with van der Waals surface area (Å²) in [6.45, 7) is 3.65. The Labute approximate surface area is 139 Å². The lowest BCUT2D eigenvalue weighted by molar-refractivity contribution is 0.104. The van der Waals surface area contributed by atoms with Gasteiger partial charge in [-0.2, -0.15) is 0 Å². The molecule has 0 amide bonds. The fourth-order valence-electron chi connectivity index (χ4n) is 3.15. The van der Waals surface area contributed by atoms with Crippen molar-refractivity contribution in [3.8, 4) is 11.1 Å². The molecule has 1 heterocycles. The van der Waals surface area contributed by atoms with Gasteiger partial charge in [0.2, 0.25) is 0 Å². The fourth-order valence-corrected chi connectivity index (χ4v) is 3.15. The third-order valence-electron chi connectivity index (χ3n) is 4.45. The maximum absolute atomic E-state index is 13.4. The van der Waals surface area contributed by atoms with Gasteiger partial charge in [0.1, 0.15) is 5.82 Å². The number of hydrogen-bond acceptors (Lipinski definition) is 2. The lowest BCUT2D eigenvalue weighted by Gasteiger charge is -2.16. The zero-order chi connectivity index (χ0) is 16.7. The van der Waals surface area contributed by atoms with Crippen LogP contribution in [0.5, 0.6) is 0 Å². The first-order valence-electron chi connectivity index (χ1n) is 8.04. The van der Waals surface area contributed by atoms with Gasteiger partial charge in [-0.05, 0) is 42.7 Å². The molecular weight excluding hydrogens is 301 g/mol. The molecule has 4 rings (SSSR count). The molecule has 1 fully saturated rings. The number of halogens is 1. The first kappa shape index (κ1) is 14.8. The minimum Gasteiger partial charge on any atom is -0.289 e. The Morgan fingerprint density at radius 1 is 1.12 bits per heavy atom. The van der Waals surface area contributed by atoms with E-state index in [1.807, 2.05) is 24.3 Å². The summed E-state index contributed by atoms with van der Waals surface area (Å²) in [6, 6.07) is 14.0. The van der Waals surface area contributed by atoms with Gasteiger partial charge < -0.3 is 0 Å². The van der Waals surface area contributed by atoms with Gasteiger partial charge in [-0.25, -0.2) is 4.39 Å². The topological polar surface area (TPSA) is 30.0 Å². The van der Waals surface area contributed by atoms with Crippen LogP contribution in [0.3, 0.4) is 0 Å². The van der Waals surface area contributed by atoms with Crippen LogP contribution in [-0.2, 0) is 0 Å². The van der Waals surface area contributed by atoms with Gasteiger partial charge in [-0.1, -0.05) is 36.9 Å². The Hall–Kier alpha value is -2.81. The summed E-state index contributed by atoms with van der Waals surface area (Å²) in [4.78, 5) is 17.4. The molecule has 0 spiro atoms. The number of aromatic nitrogens is 1. The van der Waals surface area contributed by atoms with Crippen LogP contribution >= 0.6 is 0 Å². The Morgan fingerprint density at radius 2 is 1.83 bits per heavy atom. The first-order valence-corrected chi connectivity index (χ1v) is 8.04. The van der Waals surface area contributed by atoms with Gasteiger partial charge in [-0.15, -0.1) is 0 Å². The van der Waals surface area contributed by atoms with E-state index in [2.05, 4.69) is 6.58 Å². The Balaban J connectivity index is 2.12. The van der Waals surface area contributed by atoms with E-state index in [9.17, 15) is 9.18 Å². The molecule has 0 aliphatic heterocycles. The molecule has 2 nitrogen and oxygen atoms in total. The first-order chi connectivity index (χ1) is 11.7. The second-order valence-corrected chi connectivity index (χ2v) is 6.11. The monoisotopic (exact) mass is 317 g/mol. The van der Waals surface area contributed by atoms with E-state index in [0.29, 0.717) is 11.5 Å². The highest BCUT2D eigenvalue weighted by atomic mass is 19.1. The molecule has 3 aromatic rings. The highest BCUT2D eigenvalue weighted by Crippen LogP contribution is 2.45. The van der Waals surface area contributed by atoms with Crippen LogP contribution in [0.25, 0.3) is 22.0 Å². The third-order valence-corrected chi connectivity index (χ3v) is 4.45. The second kappa shape index (κ2) is 5.68. The van der Waals surface area contributed by atoms with Crippen molar-refractivity contribution in [2.75, 3.05) is 0 Å². The molecule has 0 atom stereocenters. The van der Waals surface area contributed by atoms with E-state index in [-0.39, 0.29) is 11.6 Å². The lowest BCUT2D eigenvalue weighted by Crippen LogP contribution is -2.07. The molecule has 0 radical (unpaired) electrons. The number of ketones is 1. The maximum atomic E-state index is 13.4. The number of pyridine rings is 1. The molecule has 1 aliphatic carbocycles. The lowest BCUT2D eigenvalue weighted by atomic mass is 9.90. The quantitative estimate of drug-likeness (QED) is 0.483. The standard InChI is InChI=1S/C21H16FNO/c1-2-18(24)20-19(13-9-11-15(22)12-10-13)16-5-3-4-6-17(16)23-21(20)14-7-8-14/h2-6,9-12,14H,1,7-8H2. The van der Waals surface area contributed by atoms with Crippen molar-refractivity contribution in [1.82, 2.24) is 4.98 Å². The smallest absolute Gasteiger partial charge is 0.187 e. The summed E-state index contributed by atoms with van der Waals surface area (Å²) in [5.41, 5.74) is 3.96. The molecule has 1 saturated carbocycles. The van der Waals surface area contributed by atoms with Crippen LogP contribution in [-0.4, -0.2) is 10.8 Å². The van der Waals surface area contributed by atoms with Gasteiger partial charge in [0.25, 0.3) is 0 Å². The number of nitrogens with zero attached hydrogens (tertiary/aromatic N) is 1. The van der Waals surface area contributed by atoms with Gasteiger partial charge in [0.15, 0.2) is 5.78 Å². The zero-order valence-electron chi connectivity index (χ0n) is 13.1. The van der Waals surface area contributed by atoms with Crippen LogP contribution in [0, 0.1) is 5.82 Å². The molecule has 24 heavy (non-hydrogen) atoms. The van der Waals surface area contributed by atoms with Crippen molar-refractivity contribution in [3.63, 3.8) is 0 Å². The van der Waals surface area contributed by atoms with Crippen molar-refractivity contribution in [1.29, 1.82) is 0 Å². The van der Waals surface area contributed by atoms with Crippen LogP contribution in [0.4, 0.5) is 4.39 Å². The fraction of sp³-hybridized carbons (Fsp3) is 0.143. The SMILES string of the molecule is C=CC(=O)c1c(C2CC2)nc2ccccc2c1-c1ccc(F)cc1. The number of allylic oxidation sites excluding steroid dienone is 1. The number of para-hydroxylation sites is 1. The van der Waals surface area contributed by atoms with Gasteiger partial charge in [-0.3, -0.25) is 9.78 Å².